The van der Waals surface area contributed by atoms with Crippen molar-refractivity contribution in [2.75, 3.05) is 32.1 Å². The molecule has 1 aromatic heterocycles. The highest BCUT2D eigenvalue weighted by Gasteiger charge is 2.25. The Kier molecular flexibility index (Phi) is 3.99. The first-order valence-electron chi connectivity index (χ1n) is 6.29. The zero-order valence-electron chi connectivity index (χ0n) is 11.1. The fraction of sp³-hybridized carbons (Fsp3) is 0.538. The van der Waals surface area contributed by atoms with Crippen molar-refractivity contribution in [3.8, 4) is 0 Å². The molecular formula is C13H18FN3O2. The van der Waals surface area contributed by atoms with Gasteiger partial charge in [-0.25, -0.2) is 14.2 Å². The standard InChI is InChI=1S/C13H18FN3O2/c1-16(2)10-4-3-5-17(8-10)12-11(13(18)19)6-9(14)7-15-12/h6-7,10H,3-5,8H2,1-2H3,(H,18,19). The number of aromatic nitrogens is 1. The first-order chi connectivity index (χ1) is 8.99. The number of nitrogens with zero attached hydrogens (tertiary/aromatic N) is 3. The molecule has 1 N–H and O–H groups in total. The summed E-state index contributed by atoms with van der Waals surface area (Å²) in [6.07, 6.45) is 3.12. The average molecular weight is 267 g/mol. The molecule has 0 amide bonds. The summed E-state index contributed by atoms with van der Waals surface area (Å²) in [5, 5.41) is 9.15. The Labute approximate surface area is 111 Å². The second kappa shape index (κ2) is 5.52. The minimum Gasteiger partial charge on any atom is -0.478 e. The third-order valence-electron chi connectivity index (χ3n) is 3.49. The van der Waals surface area contributed by atoms with E-state index in [-0.39, 0.29) is 5.56 Å². The maximum atomic E-state index is 13.1. The van der Waals surface area contributed by atoms with Gasteiger partial charge in [0.25, 0.3) is 0 Å². The summed E-state index contributed by atoms with van der Waals surface area (Å²) in [4.78, 5) is 19.2. The molecule has 6 heteroatoms. The molecule has 2 heterocycles. The highest BCUT2D eigenvalue weighted by molar-refractivity contribution is 5.93. The number of rotatable bonds is 3. The number of piperidine rings is 1. The molecule has 0 radical (unpaired) electrons. The molecule has 0 saturated carbocycles. The van der Waals surface area contributed by atoms with E-state index in [1.165, 1.54) is 0 Å². The van der Waals surface area contributed by atoms with Crippen LogP contribution < -0.4 is 4.90 Å². The van der Waals surface area contributed by atoms with E-state index in [0.29, 0.717) is 18.4 Å². The molecule has 19 heavy (non-hydrogen) atoms. The summed E-state index contributed by atoms with van der Waals surface area (Å²) in [6.45, 7) is 1.47. The maximum Gasteiger partial charge on any atom is 0.339 e. The molecule has 5 nitrogen and oxygen atoms in total. The van der Waals surface area contributed by atoms with Gasteiger partial charge in [-0.05, 0) is 33.0 Å². The van der Waals surface area contributed by atoms with Crippen LogP contribution in [0.25, 0.3) is 0 Å². The number of aromatic carboxylic acids is 1. The topological polar surface area (TPSA) is 56.7 Å². The molecule has 104 valence electrons. The highest BCUT2D eigenvalue weighted by Crippen LogP contribution is 2.23. The van der Waals surface area contributed by atoms with Gasteiger partial charge in [-0.2, -0.15) is 0 Å². The molecule has 1 saturated heterocycles. The van der Waals surface area contributed by atoms with Crippen LogP contribution >= 0.6 is 0 Å². The summed E-state index contributed by atoms with van der Waals surface area (Å²) in [6, 6.07) is 1.39. The third kappa shape index (κ3) is 3.01. The summed E-state index contributed by atoms with van der Waals surface area (Å²) < 4.78 is 13.1. The van der Waals surface area contributed by atoms with Gasteiger partial charge in [0.15, 0.2) is 0 Å². The van der Waals surface area contributed by atoms with E-state index >= 15 is 0 Å². The molecule has 1 aliphatic heterocycles. The summed E-state index contributed by atoms with van der Waals surface area (Å²) in [7, 11) is 4.01. The van der Waals surface area contributed by atoms with E-state index in [1.54, 1.807) is 0 Å². The smallest absolute Gasteiger partial charge is 0.339 e. The van der Waals surface area contributed by atoms with Crippen LogP contribution in [0.3, 0.4) is 0 Å². The molecular weight excluding hydrogens is 249 g/mol. The number of halogens is 1. The van der Waals surface area contributed by atoms with E-state index < -0.39 is 11.8 Å². The lowest BCUT2D eigenvalue weighted by atomic mass is 10.0. The molecule has 1 aromatic rings. The zero-order chi connectivity index (χ0) is 14.0. The van der Waals surface area contributed by atoms with Crippen LogP contribution in [0.15, 0.2) is 12.3 Å². The highest BCUT2D eigenvalue weighted by atomic mass is 19.1. The number of likely N-dealkylation sites (N-methyl/N-ethyl adjacent to an activating group) is 1. The van der Waals surface area contributed by atoms with Crippen LogP contribution in [0.1, 0.15) is 23.2 Å². The Bertz CT molecular complexity index is 479. The number of pyridine rings is 1. The van der Waals surface area contributed by atoms with Crippen LogP contribution in [-0.4, -0.2) is 54.2 Å². The van der Waals surface area contributed by atoms with E-state index in [4.69, 9.17) is 5.11 Å². The minimum atomic E-state index is -1.14. The Morgan fingerprint density at radius 3 is 2.95 bits per heavy atom. The normalized spacial score (nSPS) is 19.8. The lowest BCUT2D eigenvalue weighted by molar-refractivity contribution is 0.0696. The van der Waals surface area contributed by atoms with Crippen molar-refractivity contribution in [2.45, 2.75) is 18.9 Å². The Morgan fingerprint density at radius 1 is 1.58 bits per heavy atom. The van der Waals surface area contributed by atoms with Crippen LogP contribution in [0, 0.1) is 5.82 Å². The first-order valence-corrected chi connectivity index (χ1v) is 6.29. The largest absolute Gasteiger partial charge is 0.478 e. The molecule has 0 bridgehead atoms. The van der Waals surface area contributed by atoms with Gasteiger partial charge in [-0.15, -0.1) is 0 Å². The van der Waals surface area contributed by atoms with Crippen molar-refractivity contribution in [1.82, 2.24) is 9.88 Å². The van der Waals surface area contributed by atoms with Crippen molar-refractivity contribution in [2.24, 2.45) is 0 Å². The molecule has 0 spiro atoms. The van der Waals surface area contributed by atoms with Crippen molar-refractivity contribution in [3.05, 3.63) is 23.6 Å². The molecule has 2 rings (SSSR count). The predicted molar refractivity (Wildman–Crippen MR) is 70.1 cm³/mol. The van der Waals surface area contributed by atoms with E-state index in [0.717, 1.165) is 31.6 Å². The van der Waals surface area contributed by atoms with Gasteiger partial charge in [-0.1, -0.05) is 0 Å². The molecule has 1 atom stereocenters. The van der Waals surface area contributed by atoms with Gasteiger partial charge in [-0.3, -0.25) is 0 Å². The lowest BCUT2D eigenvalue weighted by Crippen LogP contribution is -2.45. The van der Waals surface area contributed by atoms with E-state index in [2.05, 4.69) is 9.88 Å². The Balaban J connectivity index is 2.28. The number of carboxylic acid groups (broad SMARTS) is 1. The van der Waals surface area contributed by atoms with Gasteiger partial charge in [0.2, 0.25) is 0 Å². The Hall–Kier alpha value is -1.69. The number of anilines is 1. The van der Waals surface area contributed by atoms with Crippen molar-refractivity contribution in [1.29, 1.82) is 0 Å². The van der Waals surface area contributed by atoms with Gasteiger partial charge in [0.1, 0.15) is 17.2 Å². The lowest BCUT2D eigenvalue weighted by Gasteiger charge is -2.37. The summed E-state index contributed by atoms with van der Waals surface area (Å²) in [5.41, 5.74) is -0.0700. The van der Waals surface area contributed by atoms with E-state index in [1.807, 2.05) is 19.0 Å². The second-order valence-corrected chi connectivity index (χ2v) is 5.04. The second-order valence-electron chi connectivity index (χ2n) is 5.04. The molecule has 1 fully saturated rings. The molecule has 0 aromatic carbocycles. The first kappa shape index (κ1) is 13.7. The van der Waals surface area contributed by atoms with Gasteiger partial charge < -0.3 is 14.9 Å². The maximum absolute atomic E-state index is 13.1. The predicted octanol–water partition coefficient (Wildman–Crippen LogP) is 1.45. The zero-order valence-corrected chi connectivity index (χ0v) is 11.1. The van der Waals surface area contributed by atoms with Gasteiger partial charge >= 0.3 is 5.97 Å². The monoisotopic (exact) mass is 267 g/mol. The van der Waals surface area contributed by atoms with Crippen molar-refractivity contribution in [3.63, 3.8) is 0 Å². The van der Waals surface area contributed by atoms with Crippen LogP contribution in [-0.2, 0) is 0 Å². The van der Waals surface area contributed by atoms with Crippen LogP contribution in [0.4, 0.5) is 10.2 Å². The van der Waals surface area contributed by atoms with Crippen molar-refractivity contribution >= 4 is 11.8 Å². The number of carboxylic acids is 1. The van der Waals surface area contributed by atoms with E-state index in [9.17, 15) is 9.18 Å². The van der Waals surface area contributed by atoms with Crippen LogP contribution in [0.2, 0.25) is 0 Å². The number of hydrogen-bond donors (Lipinski definition) is 1. The van der Waals surface area contributed by atoms with Gasteiger partial charge in [0, 0.05) is 19.1 Å². The quantitative estimate of drug-likeness (QED) is 0.898. The minimum absolute atomic E-state index is 0.0700. The number of carbonyl (C=O) groups is 1. The van der Waals surface area contributed by atoms with Crippen LogP contribution in [0.5, 0.6) is 0 Å². The SMILES string of the molecule is CN(C)C1CCCN(c2ncc(F)cc2C(=O)O)C1. The summed E-state index contributed by atoms with van der Waals surface area (Å²) in [5.74, 6) is -1.41. The Morgan fingerprint density at radius 2 is 2.32 bits per heavy atom. The molecule has 1 unspecified atom stereocenters. The average Bonchev–Trinajstić information content (AvgIpc) is 2.38. The fourth-order valence-corrected chi connectivity index (χ4v) is 2.41. The molecule has 0 aliphatic carbocycles. The number of hydrogen-bond acceptors (Lipinski definition) is 4. The van der Waals surface area contributed by atoms with Crippen molar-refractivity contribution < 1.29 is 14.3 Å². The summed E-state index contributed by atoms with van der Waals surface area (Å²) >= 11 is 0. The van der Waals surface area contributed by atoms with Gasteiger partial charge in [0.05, 0.1) is 6.20 Å². The fourth-order valence-electron chi connectivity index (χ4n) is 2.41. The third-order valence-corrected chi connectivity index (χ3v) is 3.49. The molecule has 1 aliphatic rings.